The molecule has 0 spiro atoms. The number of aromatic amines is 1. The smallest absolute Gasteiger partial charge is 0.139 e. The van der Waals surface area contributed by atoms with E-state index in [1.165, 1.54) is 6.07 Å². The van der Waals surface area contributed by atoms with Crippen LogP contribution in [0.25, 0.3) is 11.0 Å². The van der Waals surface area contributed by atoms with Gasteiger partial charge in [-0.25, -0.2) is 9.37 Å². The molecule has 0 amide bonds. The van der Waals surface area contributed by atoms with Gasteiger partial charge in [0.2, 0.25) is 0 Å². The molecule has 0 saturated heterocycles. The van der Waals surface area contributed by atoms with Crippen LogP contribution in [0, 0.1) is 5.82 Å². The largest absolute Gasteiger partial charge is 0.342 e. The van der Waals surface area contributed by atoms with Gasteiger partial charge in [0.25, 0.3) is 0 Å². The molecule has 1 heterocycles. The van der Waals surface area contributed by atoms with Gasteiger partial charge in [0.15, 0.2) is 0 Å². The first-order chi connectivity index (χ1) is 9.11. The second-order valence-corrected chi connectivity index (χ2v) is 6.04. The molecule has 0 unspecified atom stereocenters. The minimum Gasteiger partial charge on any atom is -0.342 e. The topological polar surface area (TPSA) is 28.7 Å². The molecule has 0 aliphatic heterocycles. The molecule has 1 N–H and O–H groups in total. The Kier molecular flexibility index (Phi) is 3.41. The van der Waals surface area contributed by atoms with Crippen molar-refractivity contribution in [1.29, 1.82) is 0 Å². The van der Waals surface area contributed by atoms with Crippen molar-refractivity contribution in [2.75, 3.05) is 0 Å². The molecule has 0 fully saturated rings. The number of nitrogens with one attached hydrogen (secondary N) is 1. The first kappa shape index (κ1) is 12.8. The van der Waals surface area contributed by atoms with Gasteiger partial charge < -0.3 is 4.98 Å². The van der Waals surface area contributed by atoms with E-state index in [2.05, 4.69) is 41.8 Å². The Balaban J connectivity index is 1.97. The zero-order valence-corrected chi connectivity index (χ0v) is 12.9. The quantitative estimate of drug-likeness (QED) is 0.675. The molecule has 5 heteroatoms. The monoisotopic (exact) mass is 382 g/mol. The molecular formula is C14H9Br2FN2. The van der Waals surface area contributed by atoms with Crippen LogP contribution in [0.15, 0.2) is 45.3 Å². The third-order valence-corrected chi connectivity index (χ3v) is 3.93. The lowest BCUT2D eigenvalue weighted by Crippen LogP contribution is -1.90. The molecule has 96 valence electrons. The van der Waals surface area contributed by atoms with Crippen LogP contribution in [-0.2, 0) is 6.42 Å². The first-order valence-electron chi connectivity index (χ1n) is 5.70. The van der Waals surface area contributed by atoms with Gasteiger partial charge in [-0.1, -0.05) is 28.1 Å². The van der Waals surface area contributed by atoms with Gasteiger partial charge in [-0.05, 0) is 39.7 Å². The average Bonchev–Trinajstić information content (AvgIpc) is 2.71. The molecular weight excluding hydrogens is 375 g/mol. The molecule has 0 aliphatic carbocycles. The number of fused-ring (bicyclic) bond motifs is 1. The number of aromatic nitrogens is 2. The highest BCUT2D eigenvalue weighted by atomic mass is 79.9. The second kappa shape index (κ2) is 5.06. The molecule has 1 aromatic heterocycles. The van der Waals surface area contributed by atoms with Crippen LogP contribution in [0.3, 0.4) is 0 Å². The lowest BCUT2D eigenvalue weighted by molar-refractivity contribution is 0.623. The maximum absolute atomic E-state index is 13.4. The predicted octanol–water partition coefficient (Wildman–Crippen LogP) is 4.82. The zero-order chi connectivity index (χ0) is 13.4. The van der Waals surface area contributed by atoms with Crippen LogP contribution in [0.4, 0.5) is 4.39 Å². The number of rotatable bonds is 2. The first-order valence-corrected chi connectivity index (χ1v) is 7.28. The van der Waals surface area contributed by atoms with Crippen molar-refractivity contribution < 1.29 is 4.39 Å². The van der Waals surface area contributed by atoms with Crippen molar-refractivity contribution >= 4 is 42.9 Å². The summed E-state index contributed by atoms with van der Waals surface area (Å²) in [5.41, 5.74) is 2.62. The Hall–Kier alpha value is -1.20. The van der Waals surface area contributed by atoms with Crippen LogP contribution in [0.1, 0.15) is 11.4 Å². The Labute approximate surface area is 126 Å². The fourth-order valence-electron chi connectivity index (χ4n) is 1.98. The molecule has 2 aromatic carbocycles. The molecule has 3 rings (SSSR count). The number of halogens is 3. The van der Waals surface area contributed by atoms with Gasteiger partial charge in [-0.2, -0.15) is 0 Å². The molecule has 0 aliphatic rings. The van der Waals surface area contributed by atoms with E-state index < -0.39 is 0 Å². The van der Waals surface area contributed by atoms with Crippen LogP contribution in [0.5, 0.6) is 0 Å². The molecule has 3 aromatic rings. The van der Waals surface area contributed by atoms with E-state index in [1.54, 1.807) is 6.07 Å². The minimum atomic E-state index is -0.287. The van der Waals surface area contributed by atoms with Gasteiger partial charge in [0.1, 0.15) is 11.6 Å². The Bertz CT molecular complexity index is 713. The van der Waals surface area contributed by atoms with Gasteiger partial charge in [0, 0.05) is 17.0 Å². The summed E-state index contributed by atoms with van der Waals surface area (Å²) < 4.78 is 14.9. The fraction of sp³-hybridized carbons (Fsp3) is 0.0714. The molecule has 0 atom stereocenters. The average molecular weight is 384 g/mol. The molecule has 2 nitrogen and oxygen atoms in total. The maximum Gasteiger partial charge on any atom is 0.139 e. The number of benzene rings is 2. The van der Waals surface area contributed by atoms with Crippen LogP contribution < -0.4 is 0 Å². The summed E-state index contributed by atoms with van der Waals surface area (Å²) in [6, 6.07) is 11.2. The minimum absolute atomic E-state index is 0.287. The maximum atomic E-state index is 13.4. The van der Waals surface area contributed by atoms with E-state index in [1.807, 2.05) is 24.3 Å². The molecule has 0 bridgehead atoms. The second-order valence-electron chi connectivity index (χ2n) is 4.27. The number of hydrogen-bond acceptors (Lipinski definition) is 1. The summed E-state index contributed by atoms with van der Waals surface area (Å²) in [5.74, 6) is 0.538. The summed E-state index contributed by atoms with van der Waals surface area (Å²) in [7, 11) is 0. The predicted molar refractivity (Wildman–Crippen MR) is 80.7 cm³/mol. The Morgan fingerprint density at radius 2 is 2.00 bits per heavy atom. The third kappa shape index (κ3) is 2.72. The number of imidazole rings is 1. The highest BCUT2D eigenvalue weighted by Gasteiger charge is 2.08. The summed E-state index contributed by atoms with van der Waals surface area (Å²) in [6.07, 6.45) is 0.688. The van der Waals surface area contributed by atoms with E-state index in [0.717, 1.165) is 21.4 Å². The lowest BCUT2D eigenvalue weighted by atomic mass is 10.1. The summed E-state index contributed by atoms with van der Waals surface area (Å²) in [6.45, 7) is 0. The van der Waals surface area contributed by atoms with E-state index in [4.69, 9.17) is 0 Å². The van der Waals surface area contributed by atoms with E-state index >= 15 is 0 Å². The van der Waals surface area contributed by atoms with Crippen molar-refractivity contribution in [3.8, 4) is 0 Å². The SMILES string of the molecule is Fc1cc2[nH]c(Cc3cccc(Br)c3)nc2cc1Br. The lowest BCUT2D eigenvalue weighted by Gasteiger charge is -1.98. The van der Waals surface area contributed by atoms with Crippen molar-refractivity contribution in [1.82, 2.24) is 9.97 Å². The van der Waals surface area contributed by atoms with E-state index in [-0.39, 0.29) is 5.82 Å². The molecule has 19 heavy (non-hydrogen) atoms. The van der Waals surface area contributed by atoms with Gasteiger partial charge in [-0.15, -0.1) is 0 Å². The Morgan fingerprint density at radius 1 is 1.16 bits per heavy atom. The summed E-state index contributed by atoms with van der Waals surface area (Å²) >= 11 is 6.61. The summed E-state index contributed by atoms with van der Waals surface area (Å²) in [5, 5.41) is 0. The zero-order valence-electron chi connectivity index (χ0n) is 9.75. The van der Waals surface area contributed by atoms with E-state index in [0.29, 0.717) is 16.4 Å². The van der Waals surface area contributed by atoms with E-state index in [9.17, 15) is 4.39 Å². The summed E-state index contributed by atoms with van der Waals surface area (Å²) in [4.78, 5) is 7.62. The standard InChI is InChI=1S/C14H9Br2FN2/c15-9-3-1-2-8(4-9)5-14-18-12-6-10(16)11(17)7-13(12)19-14/h1-4,6-7H,5H2,(H,18,19). The number of hydrogen-bond donors (Lipinski definition) is 1. The molecule has 0 saturated carbocycles. The van der Waals surface area contributed by atoms with Gasteiger partial charge in [-0.3, -0.25) is 0 Å². The third-order valence-electron chi connectivity index (χ3n) is 2.83. The van der Waals surface area contributed by atoms with Gasteiger partial charge in [0.05, 0.1) is 15.5 Å². The molecule has 0 radical (unpaired) electrons. The van der Waals surface area contributed by atoms with Crippen molar-refractivity contribution in [3.63, 3.8) is 0 Å². The normalized spacial score (nSPS) is 11.1. The van der Waals surface area contributed by atoms with Crippen LogP contribution in [-0.4, -0.2) is 9.97 Å². The van der Waals surface area contributed by atoms with Crippen molar-refractivity contribution in [2.45, 2.75) is 6.42 Å². The number of H-pyrrole nitrogens is 1. The number of nitrogens with zero attached hydrogens (tertiary/aromatic N) is 1. The van der Waals surface area contributed by atoms with Gasteiger partial charge >= 0.3 is 0 Å². The van der Waals surface area contributed by atoms with Crippen molar-refractivity contribution in [2.24, 2.45) is 0 Å². The van der Waals surface area contributed by atoms with Crippen LogP contribution >= 0.6 is 31.9 Å². The van der Waals surface area contributed by atoms with Crippen molar-refractivity contribution in [3.05, 3.63) is 62.5 Å². The Morgan fingerprint density at radius 3 is 2.79 bits per heavy atom. The fourth-order valence-corrected chi connectivity index (χ4v) is 2.76. The highest BCUT2D eigenvalue weighted by Crippen LogP contribution is 2.22. The highest BCUT2D eigenvalue weighted by molar-refractivity contribution is 9.10. The van der Waals surface area contributed by atoms with Crippen LogP contribution in [0.2, 0.25) is 0 Å².